The third-order valence-corrected chi connectivity index (χ3v) is 6.33. The molecule has 1 aliphatic heterocycles. The lowest BCUT2D eigenvalue weighted by atomic mass is 9.94. The number of nitrogens with zero attached hydrogens (tertiary/aromatic N) is 4. The highest BCUT2D eigenvalue weighted by Crippen LogP contribution is 2.34. The van der Waals surface area contributed by atoms with Crippen molar-refractivity contribution in [2.24, 2.45) is 0 Å². The third kappa shape index (κ3) is 5.24. The van der Waals surface area contributed by atoms with Crippen molar-refractivity contribution in [2.45, 2.75) is 58.4 Å². The Morgan fingerprint density at radius 3 is 2.72 bits per heavy atom. The first-order valence-corrected chi connectivity index (χ1v) is 11.7. The van der Waals surface area contributed by atoms with Gasteiger partial charge in [0.1, 0.15) is 34.5 Å². The molecular formula is C25H26ClF2N5O3. The Hall–Kier alpha value is -3.37. The number of hydrogen-bond donors (Lipinski definition) is 2. The molecule has 0 radical (unpaired) electrons. The molecule has 0 amide bonds. The molecule has 11 heteroatoms. The molecular weight excluding hydrogens is 492 g/mol. The molecule has 4 heterocycles. The Bertz CT molecular complexity index is 1390. The molecule has 3 aromatic rings. The number of pyridine rings is 2. The number of allylic oxidation sites excluding steroid dienone is 1. The summed E-state index contributed by atoms with van der Waals surface area (Å²) in [6.45, 7) is 6.57. The molecule has 0 bridgehead atoms. The predicted molar refractivity (Wildman–Crippen MR) is 129 cm³/mol. The molecule has 0 saturated heterocycles. The zero-order valence-electron chi connectivity index (χ0n) is 20.2. The molecule has 190 valence electrons. The van der Waals surface area contributed by atoms with E-state index in [0.717, 1.165) is 11.8 Å². The van der Waals surface area contributed by atoms with Crippen LogP contribution in [-0.4, -0.2) is 24.6 Å². The molecule has 2 atom stereocenters. The maximum Gasteiger partial charge on any atom is 0.273 e. The Morgan fingerprint density at radius 1 is 1.28 bits per heavy atom. The molecule has 0 saturated carbocycles. The molecule has 1 unspecified atom stereocenters. The molecule has 0 spiro atoms. The summed E-state index contributed by atoms with van der Waals surface area (Å²) in [5, 5.41) is 13.4. The summed E-state index contributed by atoms with van der Waals surface area (Å²) in [6.07, 6.45) is 4.80. The topological polar surface area (TPSA) is 102 Å². The molecule has 4 rings (SSSR count). The van der Waals surface area contributed by atoms with E-state index in [1.165, 1.54) is 0 Å². The number of hydrogen-bond acceptors (Lipinski definition) is 7. The van der Waals surface area contributed by atoms with E-state index in [4.69, 9.17) is 16.3 Å². The summed E-state index contributed by atoms with van der Waals surface area (Å²) in [6, 6.07) is 3.51. The van der Waals surface area contributed by atoms with Crippen molar-refractivity contribution >= 4 is 11.6 Å². The molecule has 3 aromatic heterocycles. The zero-order chi connectivity index (χ0) is 26.2. The van der Waals surface area contributed by atoms with Crippen molar-refractivity contribution < 1.29 is 18.6 Å². The van der Waals surface area contributed by atoms with Crippen LogP contribution < -0.4 is 15.6 Å². The van der Waals surface area contributed by atoms with Gasteiger partial charge in [-0.1, -0.05) is 11.6 Å². The number of ether oxygens (including phenoxy) is 1. The van der Waals surface area contributed by atoms with E-state index >= 15 is 0 Å². The summed E-state index contributed by atoms with van der Waals surface area (Å²) < 4.78 is 34.2. The van der Waals surface area contributed by atoms with Crippen LogP contribution in [-0.2, 0) is 12.2 Å². The van der Waals surface area contributed by atoms with Crippen LogP contribution in [0.25, 0.3) is 0 Å². The van der Waals surface area contributed by atoms with Crippen molar-refractivity contribution in [3.05, 3.63) is 92.3 Å². The van der Waals surface area contributed by atoms with Crippen molar-refractivity contribution in [1.29, 1.82) is 0 Å². The van der Waals surface area contributed by atoms with Gasteiger partial charge in [0.25, 0.3) is 5.56 Å². The fraction of sp³-hybridized carbons (Fsp3) is 0.360. The number of aryl methyl sites for hydroxylation is 1. The Labute approximate surface area is 211 Å². The third-order valence-electron chi connectivity index (χ3n) is 5.98. The zero-order valence-corrected chi connectivity index (χ0v) is 21.0. The summed E-state index contributed by atoms with van der Waals surface area (Å²) in [7, 11) is 0. The van der Waals surface area contributed by atoms with E-state index in [0.29, 0.717) is 29.7 Å². The van der Waals surface area contributed by atoms with Crippen molar-refractivity contribution in [2.75, 3.05) is 0 Å². The largest absolute Gasteiger partial charge is 0.485 e. The maximum atomic E-state index is 13.9. The van der Waals surface area contributed by atoms with Crippen LogP contribution in [0.1, 0.15) is 62.2 Å². The van der Waals surface area contributed by atoms with Crippen LogP contribution in [0.15, 0.2) is 47.2 Å². The Kier molecular flexibility index (Phi) is 7.10. The van der Waals surface area contributed by atoms with Gasteiger partial charge in [-0.05, 0) is 52.0 Å². The van der Waals surface area contributed by atoms with Crippen molar-refractivity contribution in [1.82, 2.24) is 24.8 Å². The molecule has 1 aliphatic rings. The van der Waals surface area contributed by atoms with Crippen LogP contribution in [0.5, 0.6) is 5.75 Å². The maximum absolute atomic E-state index is 13.9. The lowest BCUT2D eigenvalue weighted by Crippen LogP contribution is -2.35. The van der Waals surface area contributed by atoms with Gasteiger partial charge in [0.2, 0.25) is 0 Å². The van der Waals surface area contributed by atoms with Crippen molar-refractivity contribution in [3.63, 3.8) is 0 Å². The highest BCUT2D eigenvalue weighted by atomic mass is 35.5. The molecule has 8 nitrogen and oxygen atoms in total. The van der Waals surface area contributed by atoms with Crippen molar-refractivity contribution in [3.8, 4) is 5.75 Å². The minimum Gasteiger partial charge on any atom is -0.485 e. The van der Waals surface area contributed by atoms with Gasteiger partial charge in [0, 0.05) is 24.0 Å². The molecule has 0 aliphatic carbocycles. The average Bonchev–Trinajstić information content (AvgIpc) is 2.82. The van der Waals surface area contributed by atoms with Crippen LogP contribution in [0.3, 0.4) is 0 Å². The molecule has 0 aromatic carbocycles. The van der Waals surface area contributed by atoms with E-state index in [1.807, 2.05) is 13.1 Å². The highest BCUT2D eigenvalue weighted by Gasteiger charge is 2.29. The fourth-order valence-electron chi connectivity index (χ4n) is 4.06. The van der Waals surface area contributed by atoms with Gasteiger partial charge in [-0.3, -0.25) is 9.78 Å². The number of rotatable bonds is 6. The average molecular weight is 518 g/mol. The van der Waals surface area contributed by atoms with Gasteiger partial charge in [-0.15, -0.1) is 0 Å². The van der Waals surface area contributed by atoms with Gasteiger partial charge in [0.15, 0.2) is 11.6 Å². The number of aromatic nitrogens is 4. The standard InChI is InChI=1S/C25H26ClF2N5O3/c1-13-10-30-18(17-5-6-29-24(32-17)25(3,4)35)9-20(13)33-14(2)7-21(22(26)23(33)34)36-12-19-16(28)8-15(27)11-31-19/h5-8,10-11,18,20,30,35H,9,12H2,1-4H3/t18-,20?/m1/s1. The fourth-order valence-corrected chi connectivity index (χ4v) is 4.26. The Balaban J connectivity index is 1.61. The predicted octanol–water partition coefficient (Wildman–Crippen LogP) is 4.26. The Morgan fingerprint density at radius 2 is 2.03 bits per heavy atom. The number of aliphatic hydroxyl groups is 1. The lowest BCUT2D eigenvalue weighted by molar-refractivity contribution is 0.0682. The second kappa shape index (κ2) is 9.94. The van der Waals surface area contributed by atoms with Gasteiger partial charge in [-0.25, -0.2) is 18.7 Å². The summed E-state index contributed by atoms with van der Waals surface area (Å²) in [5.41, 5.74) is 0.420. The monoisotopic (exact) mass is 517 g/mol. The SMILES string of the molecule is CC1=CN[C@@H](c2ccnc(C(C)(C)O)n2)CC1n1c(C)cc(OCc2ncc(F)cc2F)c(Cl)c1=O. The lowest BCUT2D eigenvalue weighted by Gasteiger charge is -2.32. The smallest absolute Gasteiger partial charge is 0.273 e. The second-order valence-electron chi connectivity index (χ2n) is 9.23. The van der Waals surface area contributed by atoms with E-state index in [9.17, 15) is 18.7 Å². The van der Waals surface area contributed by atoms with Crippen LogP contribution in [0.2, 0.25) is 5.02 Å². The van der Waals surface area contributed by atoms with E-state index in [2.05, 4.69) is 20.3 Å². The van der Waals surface area contributed by atoms with Gasteiger partial charge >= 0.3 is 0 Å². The molecule has 36 heavy (non-hydrogen) atoms. The first kappa shape index (κ1) is 25.7. The number of nitrogens with one attached hydrogen (secondary N) is 1. The van der Waals surface area contributed by atoms with Gasteiger partial charge < -0.3 is 19.7 Å². The first-order valence-electron chi connectivity index (χ1n) is 11.3. The minimum absolute atomic E-state index is 0.0821. The van der Waals surface area contributed by atoms with Gasteiger partial charge in [0.05, 0.1) is 24.0 Å². The minimum atomic E-state index is -1.20. The molecule has 0 fully saturated rings. The van der Waals surface area contributed by atoms with E-state index in [1.54, 1.807) is 43.7 Å². The first-order chi connectivity index (χ1) is 17.0. The van der Waals surface area contributed by atoms with Crippen LogP contribution in [0.4, 0.5) is 8.78 Å². The highest BCUT2D eigenvalue weighted by molar-refractivity contribution is 6.31. The second-order valence-corrected chi connectivity index (χ2v) is 9.61. The van der Waals surface area contributed by atoms with E-state index < -0.39 is 22.8 Å². The summed E-state index contributed by atoms with van der Waals surface area (Å²) in [4.78, 5) is 25.7. The van der Waals surface area contributed by atoms with Crippen LogP contribution >= 0.6 is 11.6 Å². The number of halogens is 3. The quantitative estimate of drug-likeness (QED) is 0.503. The molecule has 2 N–H and O–H groups in total. The normalized spacial score (nSPS) is 17.9. The van der Waals surface area contributed by atoms with Gasteiger partial charge in [-0.2, -0.15) is 0 Å². The summed E-state index contributed by atoms with van der Waals surface area (Å²) >= 11 is 6.38. The summed E-state index contributed by atoms with van der Waals surface area (Å²) in [5.74, 6) is -1.27. The van der Waals surface area contributed by atoms with Crippen LogP contribution in [0, 0.1) is 18.6 Å². The van der Waals surface area contributed by atoms with E-state index in [-0.39, 0.29) is 35.2 Å².